The summed E-state index contributed by atoms with van der Waals surface area (Å²) in [6, 6.07) is 3.36. The molecule has 1 N–H and O–H groups in total. The van der Waals surface area contributed by atoms with Crippen molar-refractivity contribution in [3.8, 4) is 22.6 Å². The highest BCUT2D eigenvalue weighted by Crippen LogP contribution is 2.29. The third-order valence-electron chi connectivity index (χ3n) is 2.65. The minimum atomic E-state index is -0.675. The number of aromatic nitrogens is 4. The smallest absolute Gasteiger partial charge is 0.141 e. The molecule has 3 aromatic rings. The van der Waals surface area contributed by atoms with Crippen molar-refractivity contribution >= 4 is 0 Å². The molecule has 0 saturated heterocycles. The lowest BCUT2D eigenvalue weighted by Crippen LogP contribution is -1.95. The summed E-state index contributed by atoms with van der Waals surface area (Å²) in [7, 11) is 0. The number of H-pyrrole nitrogens is 1. The first-order chi connectivity index (χ1) is 9.25. The topological polar surface area (TPSA) is 54.5 Å². The fraction of sp³-hybridized carbons (Fsp3) is 0. The zero-order chi connectivity index (χ0) is 13.2. The Morgan fingerprint density at radius 1 is 1.05 bits per heavy atom. The predicted molar refractivity (Wildman–Crippen MR) is 65.0 cm³/mol. The van der Waals surface area contributed by atoms with E-state index in [1.165, 1.54) is 24.7 Å². The summed E-state index contributed by atoms with van der Waals surface area (Å²) in [5.41, 5.74) is 1.12. The fourth-order valence-electron chi connectivity index (χ4n) is 1.81. The van der Waals surface area contributed by atoms with Gasteiger partial charge in [0, 0.05) is 30.2 Å². The average Bonchev–Trinajstić information content (AvgIpc) is 2.93. The number of rotatable bonds is 2. The lowest BCUT2D eigenvalue weighted by molar-refractivity contribution is 0.585. The van der Waals surface area contributed by atoms with Gasteiger partial charge in [-0.05, 0) is 12.1 Å². The Labute approximate surface area is 107 Å². The predicted octanol–water partition coefficient (Wildman–Crippen LogP) is 2.81. The van der Waals surface area contributed by atoms with E-state index < -0.39 is 11.6 Å². The second-order valence-corrected chi connectivity index (χ2v) is 3.85. The molecule has 4 nitrogen and oxygen atoms in total. The normalized spacial score (nSPS) is 10.6. The summed E-state index contributed by atoms with van der Waals surface area (Å²) in [6.45, 7) is 0. The van der Waals surface area contributed by atoms with Crippen LogP contribution in [0.3, 0.4) is 0 Å². The maximum absolute atomic E-state index is 13.8. The minimum absolute atomic E-state index is 0.204. The van der Waals surface area contributed by atoms with Crippen molar-refractivity contribution in [1.82, 2.24) is 19.9 Å². The maximum atomic E-state index is 13.8. The molecule has 0 aliphatic carbocycles. The molecular formula is C13H8F2N4. The van der Waals surface area contributed by atoms with E-state index in [0.29, 0.717) is 17.1 Å². The molecule has 0 saturated carbocycles. The molecule has 0 atom stereocenters. The molecule has 6 heteroatoms. The maximum Gasteiger partial charge on any atom is 0.141 e. The molecule has 0 radical (unpaired) electrons. The molecule has 0 unspecified atom stereocenters. The molecule has 2 heterocycles. The lowest BCUT2D eigenvalue weighted by atomic mass is 10.1. The van der Waals surface area contributed by atoms with Crippen molar-refractivity contribution in [2.75, 3.05) is 0 Å². The molecule has 2 aromatic heterocycles. The second-order valence-electron chi connectivity index (χ2n) is 3.85. The van der Waals surface area contributed by atoms with Crippen LogP contribution in [0.2, 0.25) is 0 Å². The Balaban J connectivity index is 2.21. The molecular weight excluding hydrogens is 250 g/mol. The fourth-order valence-corrected chi connectivity index (χ4v) is 1.81. The summed E-state index contributed by atoms with van der Waals surface area (Å²) in [4.78, 5) is 15.0. The van der Waals surface area contributed by atoms with E-state index in [9.17, 15) is 8.78 Å². The second kappa shape index (κ2) is 4.56. The third kappa shape index (κ3) is 2.08. The van der Waals surface area contributed by atoms with Gasteiger partial charge in [-0.1, -0.05) is 0 Å². The molecule has 3 rings (SSSR count). The van der Waals surface area contributed by atoms with Crippen LogP contribution in [0.5, 0.6) is 0 Å². The number of nitrogens with one attached hydrogen (secondary N) is 1. The Hall–Kier alpha value is -2.63. The van der Waals surface area contributed by atoms with Crippen molar-refractivity contribution < 1.29 is 8.78 Å². The number of benzene rings is 1. The van der Waals surface area contributed by atoms with Gasteiger partial charge in [-0.2, -0.15) is 0 Å². The first kappa shape index (κ1) is 11.5. The first-order valence-electron chi connectivity index (χ1n) is 5.51. The average molecular weight is 258 g/mol. The quantitative estimate of drug-likeness (QED) is 0.769. The number of halogens is 2. The van der Waals surface area contributed by atoms with Crippen LogP contribution in [-0.2, 0) is 0 Å². The Kier molecular flexibility index (Phi) is 2.75. The summed E-state index contributed by atoms with van der Waals surface area (Å²) in [6.07, 6.45) is 6.06. The van der Waals surface area contributed by atoms with Crippen molar-refractivity contribution in [2.45, 2.75) is 0 Å². The van der Waals surface area contributed by atoms with Gasteiger partial charge in [0.2, 0.25) is 0 Å². The van der Waals surface area contributed by atoms with Crippen LogP contribution in [0, 0.1) is 11.6 Å². The van der Waals surface area contributed by atoms with Crippen LogP contribution in [0.15, 0.2) is 43.1 Å². The molecule has 0 bridgehead atoms. The first-order valence-corrected chi connectivity index (χ1v) is 5.51. The van der Waals surface area contributed by atoms with Gasteiger partial charge in [-0.3, -0.25) is 0 Å². The third-order valence-corrected chi connectivity index (χ3v) is 2.65. The minimum Gasteiger partial charge on any atom is -0.345 e. The van der Waals surface area contributed by atoms with Gasteiger partial charge in [0.1, 0.15) is 23.8 Å². The van der Waals surface area contributed by atoms with E-state index in [0.717, 1.165) is 6.07 Å². The Morgan fingerprint density at radius 2 is 1.95 bits per heavy atom. The van der Waals surface area contributed by atoms with E-state index in [4.69, 9.17) is 0 Å². The van der Waals surface area contributed by atoms with Gasteiger partial charge in [0.05, 0.1) is 11.3 Å². The van der Waals surface area contributed by atoms with E-state index in [1.54, 1.807) is 12.4 Å². The number of hydrogen-bond donors (Lipinski definition) is 1. The van der Waals surface area contributed by atoms with Crippen LogP contribution >= 0.6 is 0 Å². The monoisotopic (exact) mass is 258 g/mol. The van der Waals surface area contributed by atoms with Gasteiger partial charge < -0.3 is 4.98 Å². The van der Waals surface area contributed by atoms with Crippen molar-refractivity contribution in [1.29, 1.82) is 0 Å². The highest BCUT2D eigenvalue weighted by Gasteiger charge is 2.14. The van der Waals surface area contributed by atoms with Crippen molar-refractivity contribution in [3.63, 3.8) is 0 Å². The van der Waals surface area contributed by atoms with Crippen molar-refractivity contribution in [3.05, 3.63) is 54.8 Å². The number of nitrogens with zero attached hydrogens (tertiary/aromatic N) is 3. The molecule has 0 fully saturated rings. The molecule has 19 heavy (non-hydrogen) atoms. The summed E-state index contributed by atoms with van der Waals surface area (Å²) in [5, 5.41) is 0. The number of imidazole rings is 1. The van der Waals surface area contributed by atoms with Gasteiger partial charge in [0.15, 0.2) is 0 Å². The summed E-state index contributed by atoms with van der Waals surface area (Å²) in [5.74, 6) is -0.777. The Bertz CT molecular complexity index is 710. The lowest BCUT2D eigenvalue weighted by Gasteiger charge is -2.06. The van der Waals surface area contributed by atoms with Gasteiger partial charge >= 0.3 is 0 Å². The van der Waals surface area contributed by atoms with E-state index in [1.807, 2.05) is 0 Å². The number of hydrogen-bond acceptors (Lipinski definition) is 3. The van der Waals surface area contributed by atoms with Gasteiger partial charge in [-0.25, -0.2) is 23.7 Å². The zero-order valence-corrected chi connectivity index (χ0v) is 9.64. The number of aromatic amines is 1. The van der Waals surface area contributed by atoms with Crippen LogP contribution in [0.4, 0.5) is 8.78 Å². The molecule has 94 valence electrons. The largest absolute Gasteiger partial charge is 0.345 e. The van der Waals surface area contributed by atoms with Crippen molar-refractivity contribution in [2.24, 2.45) is 0 Å². The van der Waals surface area contributed by atoms with Crippen LogP contribution < -0.4 is 0 Å². The van der Waals surface area contributed by atoms with E-state index >= 15 is 0 Å². The highest BCUT2D eigenvalue weighted by molar-refractivity contribution is 5.76. The summed E-state index contributed by atoms with van der Waals surface area (Å²) < 4.78 is 26.8. The zero-order valence-electron chi connectivity index (χ0n) is 9.64. The molecule has 1 aromatic carbocycles. The van der Waals surface area contributed by atoms with Crippen LogP contribution in [0.25, 0.3) is 22.6 Å². The molecule has 0 spiro atoms. The summed E-state index contributed by atoms with van der Waals surface area (Å²) >= 11 is 0. The van der Waals surface area contributed by atoms with Gasteiger partial charge in [0.25, 0.3) is 0 Å². The van der Waals surface area contributed by atoms with E-state index in [2.05, 4.69) is 19.9 Å². The molecule has 0 aliphatic heterocycles. The molecule has 0 aliphatic rings. The SMILES string of the molecule is Fc1ccc(-c2ncncc2-c2ncc[nH]2)c(F)c1. The van der Waals surface area contributed by atoms with E-state index in [-0.39, 0.29) is 5.56 Å². The van der Waals surface area contributed by atoms with Crippen LogP contribution in [0.1, 0.15) is 0 Å². The molecule has 0 amide bonds. The Morgan fingerprint density at radius 3 is 2.68 bits per heavy atom. The highest BCUT2D eigenvalue weighted by atomic mass is 19.1. The van der Waals surface area contributed by atoms with Crippen LogP contribution in [-0.4, -0.2) is 19.9 Å². The van der Waals surface area contributed by atoms with Gasteiger partial charge in [-0.15, -0.1) is 0 Å². The standard InChI is InChI=1S/C13H8F2N4/c14-8-1-2-9(11(15)5-8)12-10(6-16-7-19-12)13-17-3-4-18-13/h1-7H,(H,17,18).